The van der Waals surface area contributed by atoms with Gasteiger partial charge < -0.3 is 9.15 Å². The Kier molecular flexibility index (Phi) is 4.56. The molecular weight excluding hydrogens is 443 g/mol. The van der Waals surface area contributed by atoms with Crippen molar-refractivity contribution in [1.29, 1.82) is 0 Å². The zero-order chi connectivity index (χ0) is 18.3. The van der Waals surface area contributed by atoms with Crippen molar-refractivity contribution < 1.29 is 9.15 Å². The van der Waals surface area contributed by atoms with Gasteiger partial charge in [0.25, 0.3) is 0 Å². The first-order chi connectivity index (χ1) is 12.5. The average Bonchev–Trinajstić information content (AvgIpc) is 2.59. The molecule has 8 heteroatoms. The fourth-order valence-corrected chi connectivity index (χ4v) is 3.54. The molecule has 0 N–H and O–H groups in total. The van der Waals surface area contributed by atoms with Gasteiger partial charge in [-0.1, -0.05) is 39.1 Å². The van der Waals surface area contributed by atoms with Crippen LogP contribution in [0.2, 0.25) is 10.0 Å². The molecule has 0 saturated heterocycles. The van der Waals surface area contributed by atoms with Gasteiger partial charge in [0.05, 0.1) is 15.9 Å². The highest BCUT2D eigenvalue weighted by Gasteiger charge is 2.12. The van der Waals surface area contributed by atoms with E-state index in [0.717, 1.165) is 9.86 Å². The largest absolute Gasteiger partial charge is 0.472 e. The third-order valence-electron chi connectivity index (χ3n) is 3.78. The molecular formula is C18H9BrCl2N2O3. The molecule has 2 aromatic heterocycles. The van der Waals surface area contributed by atoms with Crippen LogP contribution in [0.15, 0.2) is 56.4 Å². The van der Waals surface area contributed by atoms with Gasteiger partial charge in [0.1, 0.15) is 18.5 Å². The lowest BCUT2D eigenvalue weighted by molar-refractivity contribution is 0.298. The molecule has 0 fully saturated rings. The number of rotatable bonds is 3. The highest BCUT2D eigenvalue weighted by atomic mass is 79.9. The van der Waals surface area contributed by atoms with E-state index in [2.05, 4.69) is 25.9 Å². The molecule has 0 unspecified atom stereocenters. The molecule has 0 bridgehead atoms. The summed E-state index contributed by atoms with van der Waals surface area (Å²) in [5.74, 6) is 0.331. The highest BCUT2D eigenvalue weighted by Crippen LogP contribution is 2.31. The maximum Gasteiger partial charge on any atom is 0.336 e. The third kappa shape index (κ3) is 3.28. The fraction of sp³-hybridized carbons (Fsp3) is 0.0556. The lowest BCUT2D eigenvalue weighted by Crippen LogP contribution is -2.05. The van der Waals surface area contributed by atoms with Crippen molar-refractivity contribution in [3.8, 4) is 5.88 Å². The van der Waals surface area contributed by atoms with Crippen LogP contribution in [0.25, 0.3) is 21.9 Å². The summed E-state index contributed by atoms with van der Waals surface area (Å²) in [6.45, 7) is 0.125. The molecule has 4 aromatic rings. The normalized spacial score (nSPS) is 11.2. The second-order valence-corrected chi connectivity index (χ2v) is 7.24. The van der Waals surface area contributed by atoms with Crippen molar-refractivity contribution in [1.82, 2.24) is 9.97 Å². The predicted molar refractivity (Wildman–Crippen MR) is 104 cm³/mol. The Bertz CT molecular complexity index is 1210. The van der Waals surface area contributed by atoms with Crippen LogP contribution in [0.3, 0.4) is 0 Å². The van der Waals surface area contributed by atoms with E-state index in [9.17, 15) is 4.79 Å². The molecule has 0 aliphatic rings. The van der Waals surface area contributed by atoms with Crippen LogP contribution >= 0.6 is 39.1 Å². The molecule has 4 rings (SSSR count). The van der Waals surface area contributed by atoms with Crippen LogP contribution in [0, 0.1) is 0 Å². The standard InChI is InChI=1S/C18H9BrCl2N2O3/c19-10-1-2-12-9(3-16(24)26-15(12)4-10)7-25-18-13-5-11(20)6-14(21)17(13)22-8-23-18/h1-6,8H,7H2. The van der Waals surface area contributed by atoms with Crippen LogP contribution in [0.4, 0.5) is 0 Å². The SMILES string of the molecule is O=c1cc(COc2ncnc3c(Cl)cc(Cl)cc23)c2ccc(Br)cc2o1. The van der Waals surface area contributed by atoms with Gasteiger partial charge in [0, 0.05) is 26.5 Å². The minimum atomic E-state index is -0.451. The monoisotopic (exact) mass is 450 g/mol. The van der Waals surface area contributed by atoms with Gasteiger partial charge in [-0.3, -0.25) is 0 Å². The van der Waals surface area contributed by atoms with Crippen LogP contribution in [-0.4, -0.2) is 9.97 Å². The Hall–Kier alpha value is -2.15. The summed E-state index contributed by atoms with van der Waals surface area (Å²) < 4.78 is 11.9. The van der Waals surface area contributed by atoms with E-state index in [1.54, 1.807) is 18.2 Å². The number of hydrogen-bond donors (Lipinski definition) is 0. The maximum absolute atomic E-state index is 11.8. The summed E-state index contributed by atoms with van der Waals surface area (Å²) in [6.07, 6.45) is 1.37. The van der Waals surface area contributed by atoms with Gasteiger partial charge in [-0.2, -0.15) is 0 Å². The van der Waals surface area contributed by atoms with Crippen LogP contribution in [-0.2, 0) is 6.61 Å². The Morgan fingerprint density at radius 2 is 1.92 bits per heavy atom. The quantitative estimate of drug-likeness (QED) is 0.391. The zero-order valence-electron chi connectivity index (χ0n) is 13.0. The van der Waals surface area contributed by atoms with Gasteiger partial charge in [0.15, 0.2) is 0 Å². The first kappa shape index (κ1) is 17.3. The van der Waals surface area contributed by atoms with E-state index in [-0.39, 0.29) is 6.61 Å². The molecule has 0 aliphatic heterocycles. The van der Waals surface area contributed by atoms with Crippen LogP contribution in [0.1, 0.15) is 5.56 Å². The molecule has 26 heavy (non-hydrogen) atoms. The van der Waals surface area contributed by atoms with Crippen molar-refractivity contribution in [2.45, 2.75) is 6.61 Å². The molecule has 2 aromatic carbocycles. The number of ether oxygens (including phenoxy) is 1. The summed E-state index contributed by atoms with van der Waals surface area (Å²) in [7, 11) is 0. The number of halogens is 3. The average molecular weight is 452 g/mol. The number of nitrogens with zero attached hydrogens (tertiary/aromatic N) is 2. The zero-order valence-corrected chi connectivity index (χ0v) is 16.1. The smallest absolute Gasteiger partial charge is 0.336 e. The molecule has 5 nitrogen and oxygen atoms in total. The summed E-state index contributed by atoms with van der Waals surface area (Å²) in [6, 6.07) is 10.2. The summed E-state index contributed by atoms with van der Waals surface area (Å²) in [5.41, 5.74) is 1.25. The second kappa shape index (κ2) is 6.87. The predicted octanol–water partition coefficient (Wildman–Crippen LogP) is 5.38. The highest BCUT2D eigenvalue weighted by molar-refractivity contribution is 9.10. The number of aromatic nitrogens is 2. The van der Waals surface area contributed by atoms with Crippen molar-refractivity contribution in [3.05, 3.63) is 73.2 Å². The Morgan fingerprint density at radius 3 is 2.77 bits per heavy atom. The summed E-state index contributed by atoms with van der Waals surface area (Å²) in [4.78, 5) is 20.2. The van der Waals surface area contributed by atoms with Crippen LogP contribution < -0.4 is 10.4 Å². The van der Waals surface area contributed by atoms with Crippen LogP contribution in [0.5, 0.6) is 5.88 Å². The molecule has 2 heterocycles. The maximum atomic E-state index is 11.8. The minimum Gasteiger partial charge on any atom is -0.472 e. The Balaban J connectivity index is 1.76. The van der Waals surface area contributed by atoms with Crippen molar-refractivity contribution in [3.63, 3.8) is 0 Å². The Labute approximate surface area is 165 Å². The molecule has 0 saturated carbocycles. The first-order valence-electron chi connectivity index (χ1n) is 7.46. The molecule has 0 aliphatic carbocycles. The van der Waals surface area contributed by atoms with Crippen molar-refractivity contribution >= 4 is 61.0 Å². The molecule has 130 valence electrons. The summed E-state index contributed by atoms with van der Waals surface area (Å²) in [5, 5.41) is 2.25. The Morgan fingerprint density at radius 1 is 1.08 bits per heavy atom. The van der Waals surface area contributed by atoms with Gasteiger partial charge in [-0.05, 0) is 30.3 Å². The molecule has 0 spiro atoms. The summed E-state index contributed by atoms with van der Waals surface area (Å²) >= 11 is 15.6. The van der Waals surface area contributed by atoms with E-state index in [1.807, 2.05) is 12.1 Å². The number of fused-ring (bicyclic) bond motifs is 2. The minimum absolute atomic E-state index is 0.125. The lowest BCUT2D eigenvalue weighted by Gasteiger charge is -2.10. The van der Waals surface area contributed by atoms with E-state index in [1.165, 1.54) is 12.4 Å². The van der Waals surface area contributed by atoms with E-state index >= 15 is 0 Å². The lowest BCUT2D eigenvalue weighted by atomic mass is 10.1. The fourth-order valence-electron chi connectivity index (χ4n) is 2.65. The third-order valence-corrected chi connectivity index (χ3v) is 4.78. The van der Waals surface area contributed by atoms with Gasteiger partial charge in [-0.25, -0.2) is 14.8 Å². The van der Waals surface area contributed by atoms with Crippen molar-refractivity contribution in [2.24, 2.45) is 0 Å². The topological polar surface area (TPSA) is 65.2 Å². The van der Waals surface area contributed by atoms with E-state index < -0.39 is 5.63 Å². The molecule has 0 atom stereocenters. The van der Waals surface area contributed by atoms with Crippen molar-refractivity contribution in [2.75, 3.05) is 0 Å². The second-order valence-electron chi connectivity index (χ2n) is 5.48. The van der Waals surface area contributed by atoms with E-state index in [0.29, 0.717) is 38.0 Å². The molecule has 0 amide bonds. The van der Waals surface area contributed by atoms with Gasteiger partial charge in [-0.15, -0.1) is 0 Å². The van der Waals surface area contributed by atoms with E-state index in [4.69, 9.17) is 32.4 Å². The number of hydrogen-bond acceptors (Lipinski definition) is 5. The van der Waals surface area contributed by atoms with Gasteiger partial charge in [0.2, 0.25) is 5.88 Å². The first-order valence-corrected chi connectivity index (χ1v) is 9.01. The number of benzene rings is 2. The van der Waals surface area contributed by atoms with Gasteiger partial charge >= 0.3 is 5.63 Å². The molecule has 0 radical (unpaired) electrons.